The molecule has 90 valence electrons. The molecule has 2 rings (SSSR count). The third-order valence-electron chi connectivity index (χ3n) is 3.03. The number of nitriles is 1. The Morgan fingerprint density at radius 1 is 1.41 bits per heavy atom. The second kappa shape index (κ2) is 6.68. The Morgan fingerprint density at radius 2 is 2.35 bits per heavy atom. The summed E-state index contributed by atoms with van der Waals surface area (Å²) in [4.78, 5) is 0. The monoisotopic (exact) mass is 246 g/mol. The molecule has 1 heterocycles. The summed E-state index contributed by atoms with van der Waals surface area (Å²) >= 11 is 2.09. The first-order chi connectivity index (χ1) is 8.38. The van der Waals surface area contributed by atoms with Crippen molar-refractivity contribution in [1.29, 1.82) is 5.26 Å². The van der Waals surface area contributed by atoms with Crippen LogP contribution in [0.15, 0.2) is 24.3 Å². The standard InChI is InChI=1S/C14H18N2S/c15-9-12-4-3-5-13(8-12)10-16-11-14-6-1-2-7-17-14/h3-5,8,14,16H,1-2,6-7,10-11H2. The predicted molar refractivity (Wildman–Crippen MR) is 73.0 cm³/mol. The van der Waals surface area contributed by atoms with Crippen molar-refractivity contribution in [2.75, 3.05) is 12.3 Å². The van der Waals surface area contributed by atoms with Gasteiger partial charge < -0.3 is 5.32 Å². The molecule has 1 saturated heterocycles. The van der Waals surface area contributed by atoms with E-state index in [-0.39, 0.29) is 0 Å². The summed E-state index contributed by atoms with van der Waals surface area (Å²) in [5.74, 6) is 1.32. The van der Waals surface area contributed by atoms with E-state index in [4.69, 9.17) is 5.26 Å². The molecule has 1 aliphatic rings. The van der Waals surface area contributed by atoms with Gasteiger partial charge in [0.05, 0.1) is 11.6 Å². The van der Waals surface area contributed by atoms with Gasteiger partial charge in [0, 0.05) is 18.3 Å². The number of thioether (sulfide) groups is 1. The Bertz CT molecular complexity index is 391. The number of benzene rings is 1. The van der Waals surface area contributed by atoms with E-state index >= 15 is 0 Å². The molecule has 1 aromatic rings. The number of hydrogen-bond donors (Lipinski definition) is 1. The van der Waals surface area contributed by atoms with Crippen molar-refractivity contribution in [1.82, 2.24) is 5.32 Å². The van der Waals surface area contributed by atoms with Crippen LogP contribution in [0.3, 0.4) is 0 Å². The summed E-state index contributed by atoms with van der Waals surface area (Å²) in [7, 11) is 0. The highest BCUT2D eigenvalue weighted by Gasteiger charge is 2.12. The summed E-state index contributed by atoms with van der Waals surface area (Å²) < 4.78 is 0. The van der Waals surface area contributed by atoms with Crippen molar-refractivity contribution in [2.45, 2.75) is 31.1 Å². The van der Waals surface area contributed by atoms with Gasteiger partial charge in [0.15, 0.2) is 0 Å². The highest BCUT2D eigenvalue weighted by Crippen LogP contribution is 2.24. The lowest BCUT2D eigenvalue weighted by molar-refractivity contribution is 0.598. The van der Waals surface area contributed by atoms with Crippen molar-refractivity contribution in [2.24, 2.45) is 0 Å². The molecule has 0 spiro atoms. The van der Waals surface area contributed by atoms with Crippen LogP contribution in [-0.4, -0.2) is 17.5 Å². The zero-order valence-corrected chi connectivity index (χ0v) is 10.8. The molecular weight excluding hydrogens is 228 g/mol. The van der Waals surface area contributed by atoms with Gasteiger partial charge in [0.1, 0.15) is 0 Å². The molecule has 0 saturated carbocycles. The van der Waals surface area contributed by atoms with Crippen LogP contribution < -0.4 is 5.32 Å². The van der Waals surface area contributed by atoms with E-state index < -0.39 is 0 Å². The van der Waals surface area contributed by atoms with Crippen LogP contribution in [0.5, 0.6) is 0 Å². The van der Waals surface area contributed by atoms with Crippen molar-refractivity contribution in [3.63, 3.8) is 0 Å². The van der Waals surface area contributed by atoms with Crippen LogP contribution in [-0.2, 0) is 6.54 Å². The molecule has 1 N–H and O–H groups in total. The van der Waals surface area contributed by atoms with Gasteiger partial charge in [-0.25, -0.2) is 0 Å². The second-order valence-corrected chi connectivity index (χ2v) is 5.84. The molecule has 0 bridgehead atoms. The summed E-state index contributed by atoms with van der Waals surface area (Å²) in [6, 6.07) is 10.0. The number of rotatable bonds is 4. The van der Waals surface area contributed by atoms with Crippen LogP contribution >= 0.6 is 11.8 Å². The van der Waals surface area contributed by atoms with Crippen LogP contribution in [0.1, 0.15) is 30.4 Å². The number of hydrogen-bond acceptors (Lipinski definition) is 3. The largest absolute Gasteiger partial charge is 0.312 e. The first-order valence-electron chi connectivity index (χ1n) is 6.20. The summed E-state index contributed by atoms with van der Waals surface area (Å²) in [5, 5.41) is 13.1. The van der Waals surface area contributed by atoms with E-state index in [2.05, 4.69) is 29.2 Å². The van der Waals surface area contributed by atoms with Crippen molar-refractivity contribution in [3.8, 4) is 6.07 Å². The fourth-order valence-electron chi connectivity index (χ4n) is 2.10. The smallest absolute Gasteiger partial charge is 0.0991 e. The van der Waals surface area contributed by atoms with Gasteiger partial charge in [-0.3, -0.25) is 0 Å². The molecular formula is C14H18N2S. The molecule has 1 unspecified atom stereocenters. The topological polar surface area (TPSA) is 35.8 Å². The minimum absolute atomic E-state index is 0.747. The normalized spacial score (nSPS) is 19.8. The van der Waals surface area contributed by atoms with E-state index in [9.17, 15) is 0 Å². The molecule has 0 amide bonds. The fraction of sp³-hybridized carbons (Fsp3) is 0.500. The molecule has 1 atom stereocenters. The summed E-state index contributed by atoms with van der Waals surface area (Å²) in [6.07, 6.45) is 4.10. The molecule has 3 heteroatoms. The van der Waals surface area contributed by atoms with Gasteiger partial charge in [0.2, 0.25) is 0 Å². The Kier molecular flexibility index (Phi) is 4.90. The number of nitrogens with one attached hydrogen (secondary N) is 1. The van der Waals surface area contributed by atoms with Gasteiger partial charge in [-0.05, 0) is 36.3 Å². The third-order valence-corrected chi connectivity index (χ3v) is 4.43. The lowest BCUT2D eigenvalue weighted by atomic mass is 10.1. The predicted octanol–water partition coefficient (Wildman–Crippen LogP) is 2.93. The quantitative estimate of drug-likeness (QED) is 0.887. The van der Waals surface area contributed by atoms with Crippen LogP contribution in [0.25, 0.3) is 0 Å². The maximum Gasteiger partial charge on any atom is 0.0991 e. The minimum atomic E-state index is 0.747. The van der Waals surface area contributed by atoms with Crippen LogP contribution in [0, 0.1) is 11.3 Å². The second-order valence-electron chi connectivity index (χ2n) is 4.43. The van der Waals surface area contributed by atoms with Crippen LogP contribution in [0.4, 0.5) is 0 Å². The molecule has 0 aliphatic carbocycles. The molecule has 1 aliphatic heterocycles. The van der Waals surface area contributed by atoms with Crippen molar-refractivity contribution < 1.29 is 0 Å². The Morgan fingerprint density at radius 3 is 3.12 bits per heavy atom. The lowest BCUT2D eigenvalue weighted by Gasteiger charge is -2.21. The zero-order chi connectivity index (χ0) is 11.9. The van der Waals surface area contributed by atoms with Crippen LogP contribution in [0.2, 0.25) is 0 Å². The first-order valence-corrected chi connectivity index (χ1v) is 7.25. The minimum Gasteiger partial charge on any atom is -0.312 e. The molecule has 0 aromatic heterocycles. The molecule has 17 heavy (non-hydrogen) atoms. The maximum absolute atomic E-state index is 8.82. The van der Waals surface area contributed by atoms with E-state index in [0.717, 1.165) is 23.9 Å². The Balaban J connectivity index is 1.75. The van der Waals surface area contributed by atoms with Gasteiger partial charge in [0.25, 0.3) is 0 Å². The van der Waals surface area contributed by atoms with Gasteiger partial charge in [-0.2, -0.15) is 17.0 Å². The van der Waals surface area contributed by atoms with E-state index in [1.165, 1.54) is 30.6 Å². The zero-order valence-electron chi connectivity index (χ0n) is 9.98. The Labute approximate surface area is 107 Å². The molecule has 1 fully saturated rings. The number of nitrogens with zero attached hydrogens (tertiary/aromatic N) is 1. The molecule has 2 nitrogen and oxygen atoms in total. The SMILES string of the molecule is N#Cc1cccc(CNCC2CCCCS2)c1. The average Bonchev–Trinajstić information content (AvgIpc) is 2.40. The van der Waals surface area contributed by atoms with Crippen molar-refractivity contribution >= 4 is 11.8 Å². The Hall–Kier alpha value is -0.980. The van der Waals surface area contributed by atoms with Gasteiger partial charge in [-0.1, -0.05) is 18.6 Å². The van der Waals surface area contributed by atoms with Gasteiger partial charge in [-0.15, -0.1) is 0 Å². The van der Waals surface area contributed by atoms with Gasteiger partial charge >= 0.3 is 0 Å². The summed E-state index contributed by atoms with van der Waals surface area (Å²) in [6.45, 7) is 1.95. The molecule has 0 radical (unpaired) electrons. The molecule has 1 aromatic carbocycles. The highest BCUT2D eigenvalue weighted by molar-refractivity contribution is 7.99. The van der Waals surface area contributed by atoms with E-state index in [1.54, 1.807) is 0 Å². The first kappa shape index (κ1) is 12.5. The average molecular weight is 246 g/mol. The fourth-order valence-corrected chi connectivity index (χ4v) is 3.37. The highest BCUT2D eigenvalue weighted by atomic mass is 32.2. The third kappa shape index (κ3) is 4.07. The maximum atomic E-state index is 8.82. The lowest BCUT2D eigenvalue weighted by Crippen LogP contribution is -2.26. The van der Waals surface area contributed by atoms with Crippen molar-refractivity contribution in [3.05, 3.63) is 35.4 Å². The van der Waals surface area contributed by atoms with E-state index in [1.807, 2.05) is 18.2 Å². The van der Waals surface area contributed by atoms with E-state index in [0.29, 0.717) is 0 Å². The summed E-state index contributed by atoms with van der Waals surface area (Å²) in [5.41, 5.74) is 1.95.